The van der Waals surface area contributed by atoms with E-state index in [1.165, 1.54) is 12.1 Å². The summed E-state index contributed by atoms with van der Waals surface area (Å²) in [5.41, 5.74) is -1.57. The van der Waals surface area contributed by atoms with Crippen molar-refractivity contribution in [2.24, 2.45) is 5.92 Å². The van der Waals surface area contributed by atoms with E-state index in [1.54, 1.807) is 13.8 Å². The first kappa shape index (κ1) is 17.0. The molecule has 1 N–H and O–H groups in total. The van der Waals surface area contributed by atoms with Gasteiger partial charge in [0.15, 0.2) is 0 Å². The highest BCUT2D eigenvalue weighted by Crippen LogP contribution is 2.31. The molecule has 21 heavy (non-hydrogen) atoms. The number of amides is 1. The molecule has 0 fully saturated rings. The largest absolute Gasteiger partial charge is 0.467 e. The number of hydrogen-bond donors (Lipinski definition) is 1. The number of methoxy groups -OCH3 is 1. The minimum Gasteiger partial charge on any atom is -0.467 e. The molecule has 1 amide bonds. The molecule has 0 radical (unpaired) electrons. The first-order valence-electron chi connectivity index (χ1n) is 6.23. The highest BCUT2D eigenvalue weighted by Gasteiger charge is 2.36. The minimum absolute atomic E-state index is 0.320. The summed E-state index contributed by atoms with van der Waals surface area (Å²) in [4.78, 5) is 23.6. The van der Waals surface area contributed by atoms with Gasteiger partial charge < -0.3 is 10.1 Å². The van der Waals surface area contributed by atoms with Gasteiger partial charge in [0.05, 0.1) is 18.2 Å². The Balaban J connectivity index is 3.07. The van der Waals surface area contributed by atoms with Gasteiger partial charge in [-0.05, 0) is 18.1 Å². The Labute approximate surface area is 120 Å². The van der Waals surface area contributed by atoms with Crippen LogP contribution in [0.4, 0.5) is 13.2 Å². The van der Waals surface area contributed by atoms with Crippen molar-refractivity contribution >= 4 is 11.9 Å². The number of hydrogen-bond acceptors (Lipinski definition) is 3. The quantitative estimate of drug-likeness (QED) is 0.870. The fourth-order valence-corrected chi connectivity index (χ4v) is 1.77. The topological polar surface area (TPSA) is 55.4 Å². The van der Waals surface area contributed by atoms with Crippen LogP contribution in [-0.2, 0) is 15.7 Å². The molecule has 0 aliphatic heterocycles. The van der Waals surface area contributed by atoms with Crippen LogP contribution < -0.4 is 5.32 Å². The molecule has 1 aromatic rings. The molecule has 1 rings (SSSR count). The Bertz CT molecular complexity index is 526. The number of carbonyl (C=O) groups is 2. The molecule has 0 aliphatic rings. The second-order valence-electron chi connectivity index (χ2n) is 4.76. The third-order valence-corrected chi connectivity index (χ3v) is 2.89. The number of esters is 1. The standard InChI is InChI=1S/C14H16F3NO3/c1-8(2)11(13(20)21-3)18-12(19)9-6-4-5-7-10(9)14(15,16)17/h4-8,11H,1-3H3,(H,18,19)/t11-/m1/s1. The summed E-state index contributed by atoms with van der Waals surface area (Å²) in [6.45, 7) is 3.30. The second-order valence-corrected chi connectivity index (χ2v) is 4.76. The predicted molar refractivity (Wildman–Crippen MR) is 69.6 cm³/mol. The van der Waals surface area contributed by atoms with Gasteiger partial charge in [-0.2, -0.15) is 13.2 Å². The van der Waals surface area contributed by atoms with E-state index in [0.29, 0.717) is 0 Å². The van der Waals surface area contributed by atoms with Gasteiger partial charge in [0, 0.05) is 0 Å². The summed E-state index contributed by atoms with van der Waals surface area (Å²) in [6.07, 6.45) is -4.65. The molecule has 4 nitrogen and oxygen atoms in total. The molecule has 0 saturated heterocycles. The van der Waals surface area contributed by atoms with Crippen LogP contribution in [0.1, 0.15) is 29.8 Å². The molecular formula is C14H16F3NO3. The van der Waals surface area contributed by atoms with Crippen molar-refractivity contribution in [2.75, 3.05) is 7.11 Å². The number of halogens is 3. The third-order valence-electron chi connectivity index (χ3n) is 2.89. The lowest BCUT2D eigenvalue weighted by atomic mass is 10.0. The molecule has 116 valence electrons. The molecular weight excluding hydrogens is 287 g/mol. The molecule has 0 unspecified atom stereocenters. The molecule has 1 aromatic carbocycles. The zero-order valence-corrected chi connectivity index (χ0v) is 11.8. The van der Waals surface area contributed by atoms with Crippen LogP contribution in [0.5, 0.6) is 0 Å². The SMILES string of the molecule is COC(=O)[C@H](NC(=O)c1ccccc1C(F)(F)F)C(C)C. The van der Waals surface area contributed by atoms with Crippen LogP contribution in [0.3, 0.4) is 0 Å². The number of nitrogens with one attached hydrogen (secondary N) is 1. The predicted octanol–water partition coefficient (Wildman–Crippen LogP) is 2.63. The summed E-state index contributed by atoms with van der Waals surface area (Å²) in [5.74, 6) is -1.99. The maximum Gasteiger partial charge on any atom is 0.417 e. The smallest absolute Gasteiger partial charge is 0.417 e. The van der Waals surface area contributed by atoms with Crippen molar-refractivity contribution in [3.8, 4) is 0 Å². The molecule has 0 aromatic heterocycles. The lowest BCUT2D eigenvalue weighted by Gasteiger charge is -2.21. The summed E-state index contributed by atoms with van der Waals surface area (Å²) in [6, 6.07) is 3.39. The third kappa shape index (κ3) is 4.21. The normalized spacial score (nSPS) is 12.9. The molecule has 1 atom stereocenters. The van der Waals surface area contributed by atoms with Crippen molar-refractivity contribution in [3.05, 3.63) is 35.4 Å². The van der Waals surface area contributed by atoms with E-state index in [9.17, 15) is 22.8 Å². The fraction of sp³-hybridized carbons (Fsp3) is 0.429. The van der Waals surface area contributed by atoms with E-state index in [1.807, 2.05) is 0 Å². The van der Waals surface area contributed by atoms with Gasteiger partial charge in [-0.1, -0.05) is 26.0 Å². The summed E-state index contributed by atoms with van der Waals surface area (Å²) in [5, 5.41) is 2.28. The fourth-order valence-electron chi connectivity index (χ4n) is 1.77. The molecule has 0 aliphatic carbocycles. The van der Waals surface area contributed by atoms with Gasteiger partial charge in [0.1, 0.15) is 6.04 Å². The maximum absolute atomic E-state index is 12.9. The lowest BCUT2D eigenvalue weighted by molar-refractivity contribution is -0.144. The monoisotopic (exact) mass is 303 g/mol. The van der Waals surface area contributed by atoms with Crippen LogP contribution in [-0.4, -0.2) is 25.0 Å². The van der Waals surface area contributed by atoms with Crippen molar-refractivity contribution in [3.63, 3.8) is 0 Å². The van der Waals surface area contributed by atoms with E-state index in [4.69, 9.17) is 0 Å². The van der Waals surface area contributed by atoms with Crippen molar-refractivity contribution < 1.29 is 27.5 Å². The first-order valence-corrected chi connectivity index (χ1v) is 6.23. The van der Waals surface area contributed by atoms with Gasteiger partial charge in [-0.3, -0.25) is 4.79 Å². The van der Waals surface area contributed by atoms with E-state index < -0.39 is 35.2 Å². The van der Waals surface area contributed by atoms with Gasteiger partial charge in [-0.15, -0.1) is 0 Å². The molecule has 7 heteroatoms. The van der Waals surface area contributed by atoms with Gasteiger partial charge in [0.2, 0.25) is 0 Å². The Hall–Kier alpha value is -2.05. The van der Waals surface area contributed by atoms with Gasteiger partial charge in [-0.25, -0.2) is 4.79 Å². The van der Waals surface area contributed by atoms with Crippen LogP contribution in [0.25, 0.3) is 0 Å². The van der Waals surface area contributed by atoms with Gasteiger partial charge >= 0.3 is 12.1 Å². The Morgan fingerprint density at radius 1 is 1.19 bits per heavy atom. The number of rotatable bonds is 4. The highest BCUT2D eigenvalue weighted by atomic mass is 19.4. The average Bonchev–Trinajstić information content (AvgIpc) is 2.42. The average molecular weight is 303 g/mol. The lowest BCUT2D eigenvalue weighted by Crippen LogP contribution is -2.45. The van der Waals surface area contributed by atoms with E-state index in [0.717, 1.165) is 19.2 Å². The van der Waals surface area contributed by atoms with Gasteiger partial charge in [0.25, 0.3) is 5.91 Å². The number of alkyl halides is 3. The number of benzene rings is 1. The maximum atomic E-state index is 12.9. The second kappa shape index (κ2) is 6.60. The van der Waals surface area contributed by atoms with Crippen LogP contribution in [0, 0.1) is 5.92 Å². The molecule has 0 saturated carbocycles. The van der Waals surface area contributed by atoms with Crippen LogP contribution in [0.15, 0.2) is 24.3 Å². The number of carbonyl (C=O) groups excluding carboxylic acids is 2. The minimum atomic E-state index is -4.65. The van der Waals surface area contributed by atoms with Crippen LogP contribution >= 0.6 is 0 Å². The van der Waals surface area contributed by atoms with E-state index in [2.05, 4.69) is 10.1 Å². The highest BCUT2D eigenvalue weighted by molar-refractivity contribution is 5.98. The van der Waals surface area contributed by atoms with E-state index >= 15 is 0 Å². The van der Waals surface area contributed by atoms with Crippen molar-refractivity contribution in [2.45, 2.75) is 26.1 Å². The molecule has 0 bridgehead atoms. The summed E-state index contributed by atoms with van der Waals surface area (Å²) in [7, 11) is 1.15. The number of ether oxygens (including phenoxy) is 1. The van der Waals surface area contributed by atoms with Crippen LogP contribution in [0.2, 0.25) is 0 Å². The van der Waals surface area contributed by atoms with E-state index in [-0.39, 0.29) is 5.92 Å². The Morgan fingerprint density at radius 3 is 2.24 bits per heavy atom. The van der Waals surface area contributed by atoms with Crippen molar-refractivity contribution in [1.82, 2.24) is 5.32 Å². The zero-order valence-electron chi connectivity index (χ0n) is 11.8. The summed E-state index contributed by atoms with van der Waals surface area (Å²) < 4.78 is 43.1. The molecule has 0 heterocycles. The first-order chi connectivity index (χ1) is 9.68. The van der Waals surface area contributed by atoms with Crippen molar-refractivity contribution in [1.29, 1.82) is 0 Å². The summed E-state index contributed by atoms with van der Waals surface area (Å²) >= 11 is 0. The zero-order chi connectivity index (χ0) is 16.2. The Kier molecular flexibility index (Phi) is 5.34. The molecule has 0 spiro atoms. The Morgan fingerprint density at radius 2 is 1.76 bits per heavy atom.